The van der Waals surface area contributed by atoms with E-state index in [1.54, 1.807) is 19.1 Å². The lowest BCUT2D eigenvalue weighted by Gasteiger charge is -2.21. The summed E-state index contributed by atoms with van der Waals surface area (Å²) in [6.45, 7) is 4.14. The molecule has 2 N–H and O–H groups in total. The number of phenolic OH excluding ortho intramolecular Hbond substituents is 1. The van der Waals surface area contributed by atoms with Crippen LogP contribution in [0.3, 0.4) is 0 Å². The number of fused-ring (bicyclic) bond motifs is 1. The lowest BCUT2D eigenvalue weighted by Crippen LogP contribution is -2.27. The molecule has 0 aliphatic rings. The van der Waals surface area contributed by atoms with Crippen LogP contribution in [0.25, 0.3) is 16.7 Å². The zero-order chi connectivity index (χ0) is 23.5. The van der Waals surface area contributed by atoms with Crippen molar-refractivity contribution in [1.82, 2.24) is 20.1 Å². The van der Waals surface area contributed by atoms with Crippen molar-refractivity contribution >= 4 is 23.0 Å². The van der Waals surface area contributed by atoms with Crippen molar-refractivity contribution in [1.29, 1.82) is 0 Å². The summed E-state index contributed by atoms with van der Waals surface area (Å²) >= 11 is 0. The summed E-state index contributed by atoms with van der Waals surface area (Å²) < 4.78 is 0. The highest BCUT2D eigenvalue weighted by atomic mass is 16.7. The maximum absolute atomic E-state index is 12.6. The van der Waals surface area contributed by atoms with Crippen LogP contribution in [-0.2, 0) is 11.4 Å². The monoisotopic (exact) mass is 446 g/mol. The lowest BCUT2D eigenvalue weighted by atomic mass is 10.1. The van der Waals surface area contributed by atoms with Crippen molar-refractivity contribution in [3.05, 3.63) is 82.9 Å². The zero-order valence-corrected chi connectivity index (χ0v) is 18.1. The van der Waals surface area contributed by atoms with Crippen molar-refractivity contribution in [2.75, 3.05) is 6.54 Å². The van der Waals surface area contributed by atoms with Crippen LogP contribution >= 0.6 is 0 Å². The number of aromatic hydroxyl groups is 1. The van der Waals surface area contributed by atoms with Gasteiger partial charge in [0.15, 0.2) is 0 Å². The average Bonchev–Trinajstić information content (AvgIpc) is 3.24. The quantitative estimate of drug-likeness (QED) is 0.413. The predicted octanol–water partition coefficient (Wildman–Crippen LogP) is 3.73. The first-order valence-corrected chi connectivity index (χ1v) is 10.3. The van der Waals surface area contributed by atoms with Crippen molar-refractivity contribution < 1.29 is 24.6 Å². The summed E-state index contributed by atoms with van der Waals surface area (Å²) in [7, 11) is 0. The number of phenols is 1. The smallest absolute Gasteiger partial charge is 0.357 e. The van der Waals surface area contributed by atoms with E-state index < -0.39 is 11.9 Å². The fraction of sp³-hybridized carbons (Fsp3) is 0.167. The molecule has 9 nitrogen and oxygen atoms in total. The molecule has 0 aliphatic heterocycles. The van der Waals surface area contributed by atoms with Gasteiger partial charge in [-0.1, -0.05) is 24.3 Å². The topological polar surface area (TPSA) is 118 Å². The van der Waals surface area contributed by atoms with Gasteiger partial charge in [0.05, 0.1) is 17.7 Å². The second-order valence-corrected chi connectivity index (χ2v) is 7.49. The number of carbonyl (C=O) groups is 2. The average molecular weight is 446 g/mol. The molecule has 9 heteroatoms. The minimum atomic E-state index is -1.13. The molecule has 0 aliphatic carbocycles. The molecule has 4 rings (SSSR count). The summed E-state index contributed by atoms with van der Waals surface area (Å²) in [6, 6.07) is 16.6. The second-order valence-electron chi connectivity index (χ2n) is 7.49. The number of hydrogen-bond donors (Lipinski definition) is 2. The number of carbonyl (C=O) groups excluding carboxylic acids is 1. The van der Waals surface area contributed by atoms with Gasteiger partial charge in [-0.15, -0.1) is 20.1 Å². The normalized spacial score (nSPS) is 11.1. The first-order chi connectivity index (χ1) is 15.9. The van der Waals surface area contributed by atoms with Gasteiger partial charge in [-0.25, -0.2) is 9.59 Å². The van der Waals surface area contributed by atoms with E-state index in [-0.39, 0.29) is 23.4 Å². The van der Waals surface area contributed by atoms with Crippen LogP contribution in [0.2, 0.25) is 0 Å². The van der Waals surface area contributed by atoms with E-state index in [0.717, 1.165) is 5.56 Å². The number of hydrogen-bond acceptors (Lipinski definition) is 7. The Labute approximate surface area is 189 Å². The van der Waals surface area contributed by atoms with E-state index in [1.165, 1.54) is 34.1 Å². The molecule has 0 atom stereocenters. The Balaban J connectivity index is 1.59. The van der Waals surface area contributed by atoms with E-state index in [0.29, 0.717) is 28.8 Å². The Morgan fingerprint density at radius 1 is 1.00 bits per heavy atom. The summed E-state index contributed by atoms with van der Waals surface area (Å²) in [6.07, 6.45) is 0. The third-order valence-electron chi connectivity index (χ3n) is 5.07. The number of hydroxylamine groups is 2. The van der Waals surface area contributed by atoms with Crippen molar-refractivity contribution in [3.8, 4) is 11.4 Å². The predicted molar refractivity (Wildman–Crippen MR) is 120 cm³/mol. The molecule has 0 amide bonds. The Bertz CT molecular complexity index is 1310. The van der Waals surface area contributed by atoms with E-state index in [4.69, 9.17) is 9.94 Å². The van der Waals surface area contributed by atoms with Crippen LogP contribution < -0.4 is 0 Å². The molecule has 0 fully saturated rings. The number of carboxylic acid groups (broad SMARTS) is 1. The van der Waals surface area contributed by atoms with Gasteiger partial charge in [0.1, 0.15) is 22.5 Å². The molecule has 33 heavy (non-hydrogen) atoms. The molecule has 1 aromatic heterocycles. The molecule has 4 aromatic rings. The van der Waals surface area contributed by atoms with E-state index in [2.05, 4.69) is 10.2 Å². The van der Waals surface area contributed by atoms with Gasteiger partial charge in [0.2, 0.25) is 0 Å². The lowest BCUT2D eigenvalue weighted by molar-refractivity contribution is -0.113. The number of carboxylic acids is 1. The van der Waals surface area contributed by atoms with Gasteiger partial charge >= 0.3 is 11.9 Å². The molecule has 1 heterocycles. The summed E-state index contributed by atoms with van der Waals surface area (Å²) in [4.78, 5) is 30.6. The van der Waals surface area contributed by atoms with Crippen LogP contribution in [0.1, 0.15) is 38.8 Å². The first-order valence-electron chi connectivity index (χ1n) is 10.3. The van der Waals surface area contributed by atoms with Crippen LogP contribution in [0, 0.1) is 6.92 Å². The Hall–Kier alpha value is -4.24. The van der Waals surface area contributed by atoms with Gasteiger partial charge < -0.3 is 15.1 Å². The summed E-state index contributed by atoms with van der Waals surface area (Å²) in [5, 5.41) is 30.3. The fourth-order valence-corrected chi connectivity index (χ4v) is 3.42. The number of rotatable bonds is 7. The van der Waals surface area contributed by atoms with E-state index in [1.807, 2.05) is 31.2 Å². The molecular formula is C24H22N4O5. The van der Waals surface area contributed by atoms with Gasteiger partial charge in [-0.05, 0) is 55.8 Å². The number of aryl methyl sites for hydroxylation is 1. The Kier molecular flexibility index (Phi) is 6.05. The first kappa shape index (κ1) is 22.0. The van der Waals surface area contributed by atoms with Gasteiger partial charge in [0, 0.05) is 12.1 Å². The van der Waals surface area contributed by atoms with Crippen molar-refractivity contribution in [2.45, 2.75) is 20.4 Å². The van der Waals surface area contributed by atoms with Gasteiger partial charge in [-0.2, -0.15) is 0 Å². The molecule has 168 valence electrons. The Morgan fingerprint density at radius 2 is 1.67 bits per heavy atom. The molecular weight excluding hydrogens is 424 g/mol. The molecule has 0 radical (unpaired) electrons. The highest BCUT2D eigenvalue weighted by molar-refractivity contribution is 5.94. The van der Waals surface area contributed by atoms with Crippen molar-refractivity contribution in [2.24, 2.45) is 0 Å². The SMILES string of the molecule is CCN(Cc1cc(C)cc(-n2nc3ccccc3n2)c1O)OC(=O)c1cccc(C(=O)O)c1. The standard InChI is InChI=1S/C24H22N4O5/c1-3-27(33-24(32)17-8-6-7-16(13-17)23(30)31)14-18-11-15(2)12-21(22(18)29)28-25-19-9-4-5-10-20(19)26-28/h4-13,29H,3,14H2,1-2H3,(H,30,31). The maximum Gasteiger partial charge on any atom is 0.357 e. The third-order valence-corrected chi connectivity index (χ3v) is 5.07. The van der Waals surface area contributed by atoms with Crippen LogP contribution in [0.5, 0.6) is 5.75 Å². The summed E-state index contributed by atoms with van der Waals surface area (Å²) in [5.74, 6) is -1.84. The van der Waals surface area contributed by atoms with Gasteiger partial charge in [-0.3, -0.25) is 0 Å². The highest BCUT2D eigenvalue weighted by Crippen LogP contribution is 2.29. The molecule has 3 aromatic carbocycles. The third kappa shape index (κ3) is 4.68. The molecule has 0 saturated carbocycles. The largest absolute Gasteiger partial charge is 0.505 e. The fourth-order valence-electron chi connectivity index (χ4n) is 3.42. The number of aromatic carboxylic acids is 1. The molecule has 0 spiro atoms. The van der Waals surface area contributed by atoms with Crippen LogP contribution in [0.4, 0.5) is 0 Å². The number of aromatic nitrogens is 3. The van der Waals surface area contributed by atoms with Crippen LogP contribution in [-0.4, -0.2) is 48.8 Å². The second kappa shape index (κ2) is 9.09. The molecule has 0 bridgehead atoms. The summed E-state index contributed by atoms with van der Waals surface area (Å²) in [5.41, 5.74) is 3.33. The zero-order valence-electron chi connectivity index (χ0n) is 18.1. The van der Waals surface area contributed by atoms with Gasteiger partial charge in [0.25, 0.3) is 0 Å². The van der Waals surface area contributed by atoms with E-state index in [9.17, 15) is 14.7 Å². The van der Waals surface area contributed by atoms with E-state index >= 15 is 0 Å². The van der Waals surface area contributed by atoms with Crippen LogP contribution in [0.15, 0.2) is 60.7 Å². The molecule has 0 unspecified atom stereocenters. The Morgan fingerprint density at radius 3 is 2.30 bits per heavy atom. The minimum absolute atomic E-state index is 0.00687. The van der Waals surface area contributed by atoms with Crippen molar-refractivity contribution in [3.63, 3.8) is 0 Å². The highest BCUT2D eigenvalue weighted by Gasteiger charge is 2.19. The number of nitrogens with zero attached hydrogens (tertiary/aromatic N) is 4. The maximum atomic E-state index is 12.6. The minimum Gasteiger partial charge on any atom is -0.505 e. The molecule has 0 saturated heterocycles. The number of benzene rings is 3.